The summed E-state index contributed by atoms with van der Waals surface area (Å²) < 4.78 is 29.9. The zero-order chi connectivity index (χ0) is 14.8. The van der Waals surface area contributed by atoms with Gasteiger partial charge in [-0.3, -0.25) is 0 Å². The molecule has 0 aliphatic heterocycles. The number of benzene rings is 2. The minimum atomic E-state index is -3.94. The predicted molar refractivity (Wildman–Crippen MR) is 77.8 cm³/mol. The highest BCUT2D eigenvalue weighted by Gasteiger charge is 2.20. The van der Waals surface area contributed by atoms with Crippen molar-refractivity contribution >= 4 is 26.0 Å². The summed E-state index contributed by atoms with van der Waals surface area (Å²) in [5.41, 5.74) is 1.27. The average molecular weight is 352 g/mol. The molecule has 0 saturated carbocycles. The van der Waals surface area contributed by atoms with E-state index in [0.29, 0.717) is 10.0 Å². The van der Waals surface area contributed by atoms with Gasteiger partial charge in [0.25, 0.3) is 0 Å². The van der Waals surface area contributed by atoms with Crippen molar-refractivity contribution in [2.24, 2.45) is 0 Å². The Morgan fingerprint density at radius 3 is 2.60 bits per heavy atom. The third-order valence-corrected chi connectivity index (χ3v) is 4.75. The Bertz CT molecular complexity index is 794. The molecule has 0 bridgehead atoms. The van der Waals surface area contributed by atoms with Crippen LogP contribution in [0.2, 0.25) is 0 Å². The number of halogens is 1. The van der Waals surface area contributed by atoms with Crippen LogP contribution >= 0.6 is 15.9 Å². The third-order valence-electron chi connectivity index (χ3n) is 2.53. The molecule has 0 unspecified atom stereocenters. The van der Waals surface area contributed by atoms with Crippen molar-refractivity contribution in [2.45, 2.75) is 11.8 Å². The second kappa shape index (κ2) is 5.65. The maximum Gasteiger partial charge on any atom is 0.340 e. The first-order valence-electron chi connectivity index (χ1n) is 5.63. The molecule has 0 aliphatic carbocycles. The van der Waals surface area contributed by atoms with E-state index in [9.17, 15) is 8.42 Å². The number of nitriles is 1. The number of hydrogen-bond acceptors (Lipinski definition) is 4. The summed E-state index contributed by atoms with van der Waals surface area (Å²) >= 11 is 3.21. The van der Waals surface area contributed by atoms with Crippen molar-refractivity contribution in [3.8, 4) is 11.8 Å². The Kier molecular flexibility index (Phi) is 4.12. The van der Waals surface area contributed by atoms with Crippen LogP contribution in [0.5, 0.6) is 5.75 Å². The Labute approximate surface area is 125 Å². The lowest BCUT2D eigenvalue weighted by Gasteiger charge is -2.09. The zero-order valence-electron chi connectivity index (χ0n) is 10.5. The van der Waals surface area contributed by atoms with Crippen LogP contribution in [-0.4, -0.2) is 8.42 Å². The average Bonchev–Trinajstić information content (AvgIpc) is 2.37. The summed E-state index contributed by atoms with van der Waals surface area (Å²) in [5.74, 6) is 0.108. The highest BCUT2D eigenvalue weighted by atomic mass is 79.9. The summed E-state index contributed by atoms with van der Waals surface area (Å²) in [4.78, 5) is 0.0467. The van der Waals surface area contributed by atoms with E-state index in [0.717, 1.165) is 5.56 Å². The second-order valence-electron chi connectivity index (χ2n) is 4.11. The van der Waals surface area contributed by atoms with Crippen LogP contribution in [0.3, 0.4) is 0 Å². The van der Waals surface area contributed by atoms with E-state index in [-0.39, 0.29) is 10.6 Å². The summed E-state index contributed by atoms with van der Waals surface area (Å²) in [6, 6.07) is 12.8. The largest absolute Gasteiger partial charge is 0.379 e. The predicted octanol–water partition coefficient (Wildman–Crippen LogP) is 3.40. The monoisotopic (exact) mass is 351 g/mol. The topological polar surface area (TPSA) is 67.2 Å². The van der Waals surface area contributed by atoms with E-state index >= 15 is 0 Å². The van der Waals surface area contributed by atoms with Crippen molar-refractivity contribution in [3.05, 3.63) is 58.1 Å². The first-order chi connectivity index (χ1) is 9.42. The lowest BCUT2D eigenvalue weighted by molar-refractivity contribution is 0.485. The molecule has 0 heterocycles. The Morgan fingerprint density at radius 2 is 1.95 bits per heavy atom. The van der Waals surface area contributed by atoms with Gasteiger partial charge in [0.05, 0.1) is 11.6 Å². The zero-order valence-corrected chi connectivity index (χ0v) is 12.9. The smallest absolute Gasteiger partial charge is 0.340 e. The van der Waals surface area contributed by atoms with Gasteiger partial charge in [-0.05, 0) is 58.7 Å². The van der Waals surface area contributed by atoms with Crippen molar-refractivity contribution in [1.29, 1.82) is 5.26 Å². The molecule has 0 amide bonds. The first kappa shape index (κ1) is 14.6. The van der Waals surface area contributed by atoms with E-state index in [1.165, 1.54) is 18.2 Å². The molecule has 0 atom stereocenters. The van der Waals surface area contributed by atoms with E-state index in [4.69, 9.17) is 9.44 Å². The highest BCUT2D eigenvalue weighted by molar-refractivity contribution is 9.10. The maximum absolute atomic E-state index is 12.2. The molecule has 2 aromatic carbocycles. The third kappa shape index (κ3) is 3.18. The Morgan fingerprint density at radius 1 is 1.20 bits per heavy atom. The normalized spacial score (nSPS) is 10.8. The molecule has 0 N–H and O–H groups in total. The Balaban J connectivity index is 2.38. The lowest BCUT2D eigenvalue weighted by atomic mass is 10.2. The van der Waals surface area contributed by atoms with Crippen molar-refractivity contribution in [1.82, 2.24) is 0 Å². The summed E-state index contributed by atoms with van der Waals surface area (Å²) in [6.07, 6.45) is 0. The van der Waals surface area contributed by atoms with Gasteiger partial charge in [-0.2, -0.15) is 13.7 Å². The molecular formula is C14H10BrNO3S. The first-order valence-corrected chi connectivity index (χ1v) is 7.83. The van der Waals surface area contributed by atoms with Gasteiger partial charge < -0.3 is 4.18 Å². The van der Waals surface area contributed by atoms with Crippen molar-refractivity contribution < 1.29 is 12.6 Å². The minimum Gasteiger partial charge on any atom is -0.379 e. The fraction of sp³-hybridized carbons (Fsp3) is 0.0714. The molecule has 0 saturated heterocycles. The van der Waals surface area contributed by atoms with Crippen LogP contribution in [0.4, 0.5) is 0 Å². The van der Waals surface area contributed by atoms with Crippen LogP contribution in [0.15, 0.2) is 51.8 Å². The number of nitrogens with zero attached hydrogens (tertiary/aromatic N) is 1. The number of rotatable bonds is 3. The van der Waals surface area contributed by atoms with Gasteiger partial charge in [-0.15, -0.1) is 0 Å². The molecule has 20 heavy (non-hydrogen) atoms. The van der Waals surface area contributed by atoms with Crippen LogP contribution in [0.1, 0.15) is 11.1 Å². The molecule has 2 rings (SSSR count). The molecule has 102 valence electrons. The fourth-order valence-corrected chi connectivity index (χ4v) is 3.66. The molecule has 0 radical (unpaired) electrons. The Hall–Kier alpha value is -1.84. The second-order valence-corrected chi connectivity index (χ2v) is 6.48. The number of hydrogen-bond donors (Lipinski definition) is 0. The van der Waals surface area contributed by atoms with E-state index < -0.39 is 10.1 Å². The summed E-state index contributed by atoms with van der Waals surface area (Å²) in [7, 11) is -3.94. The SMILES string of the molecule is Cc1ccc(S(=O)(=O)Oc2cccc(C#N)c2)c(Br)c1. The lowest BCUT2D eigenvalue weighted by Crippen LogP contribution is -2.10. The van der Waals surface area contributed by atoms with Crippen LogP contribution in [0.25, 0.3) is 0 Å². The molecule has 0 fully saturated rings. The molecule has 2 aromatic rings. The standard InChI is InChI=1S/C14H10BrNO3S/c1-10-5-6-14(13(15)7-10)20(17,18)19-12-4-2-3-11(8-12)9-16/h2-8H,1H3. The minimum absolute atomic E-state index is 0.0467. The van der Waals surface area contributed by atoms with Crippen molar-refractivity contribution in [2.75, 3.05) is 0 Å². The molecule has 0 spiro atoms. The van der Waals surface area contributed by atoms with Crippen molar-refractivity contribution in [3.63, 3.8) is 0 Å². The quantitative estimate of drug-likeness (QED) is 0.794. The van der Waals surface area contributed by atoms with Gasteiger partial charge in [-0.25, -0.2) is 0 Å². The summed E-state index contributed by atoms with van der Waals surface area (Å²) in [6.45, 7) is 1.86. The van der Waals surface area contributed by atoms with Gasteiger partial charge >= 0.3 is 10.1 Å². The van der Waals surface area contributed by atoms with Gasteiger partial charge in [0.2, 0.25) is 0 Å². The van der Waals surface area contributed by atoms with E-state index in [1.54, 1.807) is 24.3 Å². The highest BCUT2D eigenvalue weighted by Crippen LogP contribution is 2.26. The summed E-state index contributed by atoms with van der Waals surface area (Å²) in [5, 5.41) is 8.79. The van der Waals surface area contributed by atoms with Gasteiger partial charge in [0.15, 0.2) is 0 Å². The molecule has 6 heteroatoms. The molecular weight excluding hydrogens is 342 g/mol. The molecule has 4 nitrogen and oxygen atoms in total. The fourth-order valence-electron chi connectivity index (χ4n) is 1.60. The number of aryl methyl sites for hydroxylation is 1. The molecule has 0 aromatic heterocycles. The van der Waals surface area contributed by atoms with Crippen LogP contribution in [0, 0.1) is 18.3 Å². The maximum atomic E-state index is 12.2. The van der Waals surface area contributed by atoms with Crippen LogP contribution < -0.4 is 4.18 Å². The van der Waals surface area contributed by atoms with Crippen LogP contribution in [-0.2, 0) is 10.1 Å². The van der Waals surface area contributed by atoms with Gasteiger partial charge in [0, 0.05) is 4.47 Å². The van der Waals surface area contributed by atoms with E-state index in [1.807, 2.05) is 13.0 Å². The van der Waals surface area contributed by atoms with Gasteiger partial charge in [-0.1, -0.05) is 12.1 Å². The molecule has 0 aliphatic rings. The van der Waals surface area contributed by atoms with Gasteiger partial charge in [0.1, 0.15) is 10.6 Å². The van der Waals surface area contributed by atoms with E-state index in [2.05, 4.69) is 15.9 Å².